The third-order valence-electron chi connectivity index (χ3n) is 2.22. The lowest BCUT2D eigenvalue weighted by Crippen LogP contribution is -2.41. The molecule has 0 spiro atoms. The van der Waals surface area contributed by atoms with Gasteiger partial charge >= 0.3 is 0 Å². The van der Waals surface area contributed by atoms with E-state index in [4.69, 9.17) is 16.7 Å². The smallest absolute Gasteiger partial charge is 0.220 e. The summed E-state index contributed by atoms with van der Waals surface area (Å²) >= 11 is 7.08. The number of rotatable bonds is 8. The third kappa shape index (κ3) is 7.03. The van der Waals surface area contributed by atoms with E-state index in [1.54, 1.807) is 11.8 Å². The zero-order chi connectivity index (χ0) is 11.7. The van der Waals surface area contributed by atoms with E-state index in [-0.39, 0.29) is 23.8 Å². The zero-order valence-electron chi connectivity index (χ0n) is 9.33. The fourth-order valence-electron chi connectivity index (χ4n) is 1.24. The van der Waals surface area contributed by atoms with Gasteiger partial charge in [0.1, 0.15) is 0 Å². The molecule has 0 aliphatic rings. The van der Waals surface area contributed by atoms with E-state index in [0.717, 1.165) is 12.8 Å². The molecule has 0 saturated carbocycles. The maximum atomic E-state index is 11.4. The van der Waals surface area contributed by atoms with E-state index in [1.165, 1.54) is 0 Å². The van der Waals surface area contributed by atoms with Crippen molar-refractivity contribution in [3.05, 3.63) is 0 Å². The summed E-state index contributed by atoms with van der Waals surface area (Å²) in [6.07, 6.45) is 4.14. The Hall–Kier alpha value is 0.0700. The Kier molecular flexibility index (Phi) is 9.35. The van der Waals surface area contributed by atoms with Gasteiger partial charge in [-0.1, -0.05) is 0 Å². The van der Waals surface area contributed by atoms with Crippen LogP contribution in [-0.4, -0.2) is 41.0 Å². The van der Waals surface area contributed by atoms with E-state index in [0.29, 0.717) is 12.3 Å². The molecular weight excluding hydrogens is 234 g/mol. The molecule has 0 aromatic heterocycles. The number of nitrogens with one attached hydrogen (secondary N) is 1. The van der Waals surface area contributed by atoms with Crippen molar-refractivity contribution >= 4 is 29.3 Å². The third-order valence-corrected chi connectivity index (χ3v) is 3.65. The molecule has 15 heavy (non-hydrogen) atoms. The standard InChI is InChI=1S/C10H20ClNO2S/c1-8(9(7-13)15-2)12-10(14)5-3-4-6-11/h8-9,13H,3-7H2,1-2H3,(H,12,14). The van der Waals surface area contributed by atoms with Gasteiger partial charge in [-0.2, -0.15) is 11.8 Å². The number of carbonyl (C=O) groups excluding carboxylic acids is 1. The molecule has 3 nitrogen and oxygen atoms in total. The SMILES string of the molecule is CSC(CO)C(C)NC(=O)CCCCCl. The van der Waals surface area contributed by atoms with Gasteiger partial charge in [0.05, 0.1) is 6.61 Å². The van der Waals surface area contributed by atoms with Crippen LogP contribution in [0.3, 0.4) is 0 Å². The Morgan fingerprint density at radius 3 is 2.67 bits per heavy atom. The van der Waals surface area contributed by atoms with Gasteiger partial charge in [0.25, 0.3) is 0 Å². The maximum Gasteiger partial charge on any atom is 0.220 e. The molecule has 0 aliphatic heterocycles. The first-order valence-electron chi connectivity index (χ1n) is 5.14. The number of alkyl halides is 1. The number of hydrogen-bond acceptors (Lipinski definition) is 3. The normalized spacial score (nSPS) is 14.7. The second-order valence-corrected chi connectivity index (χ2v) is 4.91. The monoisotopic (exact) mass is 253 g/mol. The minimum atomic E-state index is 0.00787. The van der Waals surface area contributed by atoms with Gasteiger partial charge in [-0.3, -0.25) is 4.79 Å². The Morgan fingerprint density at radius 2 is 2.20 bits per heavy atom. The number of carbonyl (C=O) groups is 1. The first-order chi connectivity index (χ1) is 7.15. The number of unbranched alkanes of at least 4 members (excludes halogenated alkanes) is 1. The van der Waals surface area contributed by atoms with Crippen molar-refractivity contribution in [2.45, 2.75) is 37.5 Å². The molecule has 2 unspecified atom stereocenters. The summed E-state index contributed by atoms with van der Waals surface area (Å²) in [4.78, 5) is 11.4. The van der Waals surface area contributed by atoms with E-state index in [1.807, 2.05) is 13.2 Å². The average molecular weight is 254 g/mol. The highest BCUT2D eigenvalue weighted by Gasteiger charge is 2.16. The summed E-state index contributed by atoms with van der Waals surface area (Å²) in [6.45, 7) is 2.00. The van der Waals surface area contributed by atoms with E-state index in [9.17, 15) is 4.79 Å². The minimum Gasteiger partial charge on any atom is -0.395 e. The topological polar surface area (TPSA) is 49.3 Å². The zero-order valence-corrected chi connectivity index (χ0v) is 10.9. The van der Waals surface area contributed by atoms with Crippen LogP contribution in [0.15, 0.2) is 0 Å². The van der Waals surface area contributed by atoms with Crippen molar-refractivity contribution in [1.29, 1.82) is 0 Å². The van der Waals surface area contributed by atoms with Crippen LogP contribution in [0.2, 0.25) is 0 Å². The predicted molar refractivity (Wildman–Crippen MR) is 66.6 cm³/mol. The summed E-state index contributed by atoms with van der Waals surface area (Å²) in [6, 6.07) is 0.00787. The fraction of sp³-hybridized carbons (Fsp3) is 0.900. The summed E-state index contributed by atoms with van der Waals surface area (Å²) < 4.78 is 0. The number of halogens is 1. The maximum absolute atomic E-state index is 11.4. The minimum absolute atomic E-state index is 0.00787. The van der Waals surface area contributed by atoms with Crippen LogP contribution in [0.4, 0.5) is 0 Å². The lowest BCUT2D eigenvalue weighted by atomic mass is 10.2. The molecule has 0 radical (unpaired) electrons. The molecule has 2 N–H and O–H groups in total. The Balaban J connectivity index is 3.74. The number of hydrogen-bond donors (Lipinski definition) is 2. The van der Waals surface area contributed by atoms with Gasteiger partial charge in [-0.25, -0.2) is 0 Å². The molecule has 90 valence electrons. The highest BCUT2D eigenvalue weighted by molar-refractivity contribution is 7.99. The van der Waals surface area contributed by atoms with Crippen molar-refractivity contribution in [3.63, 3.8) is 0 Å². The molecule has 2 atom stereocenters. The molecule has 0 heterocycles. The molecular formula is C10H20ClNO2S. The summed E-state index contributed by atoms with van der Waals surface area (Å²) in [5, 5.41) is 12.0. The number of aliphatic hydroxyl groups is 1. The summed E-state index contributed by atoms with van der Waals surface area (Å²) in [5.74, 6) is 0.646. The molecule has 0 rings (SSSR count). The Labute approximate surface area is 101 Å². The molecule has 0 saturated heterocycles. The highest BCUT2D eigenvalue weighted by atomic mass is 35.5. The Morgan fingerprint density at radius 1 is 1.53 bits per heavy atom. The second kappa shape index (κ2) is 9.31. The van der Waals surface area contributed by atoms with Gasteiger partial charge in [-0.15, -0.1) is 11.6 Å². The lowest BCUT2D eigenvalue weighted by Gasteiger charge is -2.21. The number of aliphatic hydroxyl groups excluding tert-OH is 1. The van der Waals surface area contributed by atoms with Crippen molar-refractivity contribution in [3.8, 4) is 0 Å². The van der Waals surface area contributed by atoms with E-state index in [2.05, 4.69) is 5.32 Å². The molecule has 0 aromatic carbocycles. The largest absolute Gasteiger partial charge is 0.395 e. The molecule has 0 aliphatic carbocycles. The van der Waals surface area contributed by atoms with Crippen LogP contribution in [-0.2, 0) is 4.79 Å². The number of thioether (sulfide) groups is 1. The summed E-state index contributed by atoms with van der Waals surface area (Å²) in [5.41, 5.74) is 0. The summed E-state index contributed by atoms with van der Waals surface area (Å²) in [7, 11) is 0. The molecule has 5 heteroatoms. The molecule has 0 bridgehead atoms. The predicted octanol–water partition coefficient (Wildman–Crippen LogP) is 1.62. The number of amides is 1. The molecule has 0 aromatic rings. The van der Waals surface area contributed by atoms with Crippen LogP contribution in [0.5, 0.6) is 0 Å². The van der Waals surface area contributed by atoms with Gasteiger partial charge in [0.2, 0.25) is 5.91 Å². The van der Waals surface area contributed by atoms with Gasteiger partial charge in [0.15, 0.2) is 0 Å². The van der Waals surface area contributed by atoms with Crippen molar-refractivity contribution in [2.75, 3.05) is 18.7 Å². The van der Waals surface area contributed by atoms with Crippen LogP contribution in [0.25, 0.3) is 0 Å². The average Bonchev–Trinajstić information content (AvgIpc) is 2.20. The van der Waals surface area contributed by atoms with Gasteiger partial charge in [-0.05, 0) is 26.0 Å². The first-order valence-corrected chi connectivity index (χ1v) is 6.97. The quantitative estimate of drug-likeness (QED) is 0.511. The van der Waals surface area contributed by atoms with Crippen LogP contribution < -0.4 is 5.32 Å². The lowest BCUT2D eigenvalue weighted by molar-refractivity contribution is -0.121. The molecule has 1 amide bonds. The van der Waals surface area contributed by atoms with Crippen molar-refractivity contribution in [2.24, 2.45) is 0 Å². The van der Waals surface area contributed by atoms with Gasteiger partial charge in [0, 0.05) is 23.6 Å². The first kappa shape index (κ1) is 15.1. The van der Waals surface area contributed by atoms with Crippen LogP contribution in [0.1, 0.15) is 26.2 Å². The van der Waals surface area contributed by atoms with Crippen molar-refractivity contribution < 1.29 is 9.90 Å². The fourth-order valence-corrected chi connectivity index (χ4v) is 2.05. The van der Waals surface area contributed by atoms with Crippen LogP contribution in [0, 0.1) is 0 Å². The van der Waals surface area contributed by atoms with E-state index < -0.39 is 0 Å². The van der Waals surface area contributed by atoms with E-state index >= 15 is 0 Å². The Bertz CT molecular complexity index is 177. The molecule has 0 fully saturated rings. The van der Waals surface area contributed by atoms with Crippen LogP contribution >= 0.6 is 23.4 Å². The highest BCUT2D eigenvalue weighted by Crippen LogP contribution is 2.10. The van der Waals surface area contributed by atoms with Crippen molar-refractivity contribution in [1.82, 2.24) is 5.32 Å². The van der Waals surface area contributed by atoms with Gasteiger partial charge < -0.3 is 10.4 Å². The second-order valence-electron chi connectivity index (χ2n) is 3.46.